The summed E-state index contributed by atoms with van der Waals surface area (Å²) >= 11 is 2.11. The second-order valence-corrected chi connectivity index (χ2v) is 5.75. The first-order chi connectivity index (χ1) is 6.87. The van der Waals surface area contributed by atoms with Crippen LogP contribution in [0, 0.1) is 0 Å². The normalized spacial score (nSPS) is 16.4. The van der Waals surface area contributed by atoms with Crippen LogP contribution in [0.5, 0.6) is 0 Å². The summed E-state index contributed by atoms with van der Waals surface area (Å²) in [4.78, 5) is 0. The van der Waals surface area contributed by atoms with Crippen molar-refractivity contribution in [2.24, 2.45) is 0 Å². The summed E-state index contributed by atoms with van der Waals surface area (Å²) in [5, 5.41) is 12.9. The van der Waals surface area contributed by atoms with E-state index in [1.807, 2.05) is 6.92 Å². The van der Waals surface area contributed by atoms with Crippen LogP contribution in [0.2, 0.25) is 0 Å². The molecule has 3 N–H and O–H groups in total. The van der Waals surface area contributed by atoms with E-state index in [-0.39, 0.29) is 17.7 Å². The van der Waals surface area contributed by atoms with Gasteiger partial charge in [-0.05, 0) is 47.1 Å². The minimum Gasteiger partial charge on any atom is -0.392 e. The maximum absolute atomic E-state index is 9.41. The van der Waals surface area contributed by atoms with Gasteiger partial charge in [0.2, 0.25) is 0 Å². The Morgan fingerprint density at radius 1 is 1.27 bits per heavy atom. The van der Waals surface area contributed by atoms with Crippen molar-refractivity contribution < 1.29 is 5.11 Å². The van der Waals surface area contributed by atoms with Crippen LogP contribution >= 0.6 is 22.9 Å². The molecule has 0 aliphatic carbocycles. The second kappa shape index (κ2) is 7.81. The average Bonchev–Trinajstić information content (AvgIpc) is 2.08. The zero-order chi connectivity index (χ0) is 11.9. The van der Waals surface area contributed by atoms with Crippen molar-refractivity contribution in [3.8, 4) is 0 Å². The third kappa shape index (κ3) is 9.53. The summed E-state index contributed by atoms with van der Waals surface area (Å²) in [6.07, 6.45) is 3.08. The van der Waals surface area contributed by atoms with Crippen molar-refractivity contribution in [1.29, 1.82) is 0 Å². The molecular formula is C11H25IN2O. The Bertz CT molecular complexity index is 157. The van der Waals surface area contributed by atoms with E-state index in [0.29, 0.717) is 0 Å². The Morgan fingerprint density at radius 3 is 2.27 bits per heavy atom. The Kier molecular flexibility index (Phi) is 8.13. The van der Waals surface area contributed by atoms with Crippen LogP contribution < -0.4 is 8.85 Å². The van der Waals surface area contributed by atoms with E-state index in [1.54, 1.807) is 0 Å². The van der Waals surface area contributed by atoms with E-state index in [1.165, 1.54) is 6.42 Å². The van der Waals surface area contributed by atoms with Gasteiger partial charge in [-0.25, -0.2) is 0 Å². The standard InChI is InChI=1S/C11H25IN2O/c1-9(15)10(14-12)7-5-6-8-13-11(2,3)4/h9-10,13-15H,5-8H2,1-4H3. The van der Waals surface area contributed by atoms with Crippen LogP contribution in [-0.2, 0) is 0 Å². The van der Waals surface area contributed by atoms with Gasteiger partial charge in [0.25, 0.3) is 0 Å². The zero-order valence-electron chi connectivity index (χ0n) is 10.3. The molecule has 2 atom stereocenters. The largest absolute Gasteiger partial charge is 0.392 e. The highest BCUT2D eigenvalue weighted by Crippen LogP contribution is 2.07. The van der Waals surface area contributed by atoms with E-state index in [4.69, 9.17) is 0 Å². The molecule has 4 heteroatoms. The van der Waals surface area contributed by atoms with Crippen LogP contribution in [0.1, 0.15) is 47.0 Å². The monoisotopic (exact) mass is 328 g/mol. The number of halogens is 1. The minimum atomic E-state index is -0.266. The molecule has 0 rings (SSSR count). The van der Waals surface area contributed by atoms with E-state index in [2.05, 4.69) is 52.5 Å². The molecule has 0 aromatic carbocycles. The Hall–Kier alpha value is 0.610. The summed E-state index contributed by atoms with van der Waals surface area (Å²) < 4.78 is 3.11. The minimum absolute atomic E-state index is 0.213. The van der Waals surface area contributed by atoms with Crippen LogP contribution in [0.3, 0.4) is 0 Å². The number of aliphatic hydroxyl groups excluding tert-OH is 1. The SMILES string of the molecule is CC(O)C(CCCCNC(C)(C)C)NI. The summed E-state index contributed by atoms with van der Waals surface area (Å²) in [6, 6.07) is 0.222. The van der Waals surface area contributed by atoms with Crippen molar-refractivity contribution in [2.75, 3.05) is 6.54 Å². The highest BCUT2D eigenvalue weighted by molar-refractivity contribution is 14.1. The van der Waals surface area contributed by atoms with Crippen LogP contribution in [0.25, 0.3) is 0 Å². The smallest absolute Gasteiger partial charge is 0.0672 e. The summed E-state index contributed by atoms with van der Waals surface area (Å²) in [5.74, 6) is 0. The van der Waals surface area contributed by atoms with Gasteiger partial charge in [-0.1, -0.05) is 6.42 Å². The molecule has 0 aliphatic heterocycles. The van der Waals surface area contributed by atoms with Gasteiger partial charge >= 0.3 is 0 Å². The average molecular weight is 328 g/mol. The van der Waals surface area contributed by atoms with Gasteiger partial charge in [-0.15, -0.1) is 0 Å². The maximum atomic E-state index is 9.41. The first-order valence-corrected chi connectivity index (χ1v) is 6.74. The van der Waals surface area contributed by atoms with Crippen molar-refractivity contribution in [3.05, 3.63) is 0 Å². The molecule has 15 heavy (non-hydrogen) atoms. The molecule has 0 aromatic rings. The number of hydrogen-bond acceptors (Lipinski definition) is 3. The quantitative estimate of drug-likeness (QED) is 0.382. The fraction of sp³-hybridized carbons (Fsp3) is 1.00. The van der Waals surface area contributed by atoms with Gasteiger partial charge in [0, 0.05) is 34.4 Å². The predicted molar refractivity (Wildman–Crippen MR) is 74.2 cm³/mol. The first-order valence-electron chi connectivity index (χ1n) is 5.66. The number of hydrogen-bond donors (Lipinski definition) is 3. The molecule has 0 saturated carbocycles. The molecule has 0 fully saturated rings. The maximum Gasteiger partial charge on any atom is 0.0672 e. The van der Waals surface area contributed by atoms with Gasteiger partial charge in [-0.2, -0.15) is 0 Å². The summed E-state index contributed by atoms with van der Waals surface area (Å²) in [6.45, 7) is 9.43. The highest BCUT2D eigenvalue weighted by atomic mass is 127. The Morgan fingerprint density at radius 2 is 1.87 bits per heavy atom. The molecule has 0 spiro atoms. The predicted octanol–water partition coefficient (Wildman–Crippen LogP) is 2.23. The summed E-state index contributed by atoms with van der Waals surface area (Å²) in [5.41, 5.74) is 0.213. The topological polar surface area (TPSA) is 44.3 Å². The summed E-state index contributed by atoms with van der Waals surface area (Å²) in [7, 11) is 0. The first kappa shape index (κ1) is 15.6. The number of unbranched alkanes of at least 4 members (excludes halogenated alkanes) is 1. The zero-order valence-corrected chi connectivity index (χ0v) is 12.5. The lowest BCUT2D eigenvalue weighted by molar-refractivity contribution is 0.153. The number of rotatable bonds is 7. The van der Waals surface area contributed by atoms with Crippen molar-refractivity contribution >= 4 is 22.9 Å². The number of aliphatic hydroxyl groups is 1. The molecule has 2 unspecified atom stereocenters. The lowest BCUT2D eigenvalue weighted by Crippen LogP contribution is -2.36. The third-order valence-electron chi connectivity index (χ3n) is 2.32. The third-order valence-corrected chi connectivity index (χ3v) is 3.12. The lowest BCUT2D eigenvalue weighted by Gasteiger charge is -2.21. The second-order valence-electron chi connectivity index (χ2n) is 5.13. The van der Waals surface area contributed by atoms with Crippen molar-refractivity contribution in [2.45, 2.75) is 64.6 Å². The van der Waals surface area contributed by atoms with E-state index in [0.717, 1.165) is 19.4 Å². The molecular weight excluding hydrogens is 303 g/mol. The van der Waals surface area contributed by atoms with Crippen molar-refractivity contribution in [1.82, 2.24) is 8.85 Å². The molecule has 0 aliphatic rings. The van der Waals surface area contributed by atoms with Crippen LogP contribution in [0.4, 0.5) is 0 Å². The van der Waals surface area contributed by atoms with Crippen LogP contribution in [0.15, 0.2) is 0 Å². The van der Waals surface area contributed by atoms with E-state index >= 15 is 0 Å². The van der Waals surface area contributed by atoms with E-state index < -0.39 is 0 Å². The fourth-order valence-corrected chi connectivity index (χ4v) is 2.17. The molecule has 92 valence electrons. The Balaban J connectivity index is 3.45. The lowest BCUT2D eigenvalue weighted by atomic mass is 10.1. The molecule has 0 heterocycles. The molecule has 0 saturated heterocycles. The number of nitrogens with one attached hydrogen (secondary N) is 2. The fourth-order valence-electron chi connectivity index (χ4n) is 1.34. The van der Waals surface area contributed by atoms with Gasteiger partial charge < -0.3 is 10.4 Å². The van der Waals surface area contributed by atoms with Gasteiger partial charge in [0.1, 0.15) is 0 Å². The molecule has 0 bridgehead atoms. The van der Waals surface area contributed by atoms with Gasteiger partial charge in [-0.3, -0.25) is 3.53 Å². The van der Waals surface area contributed by atoms with Crippen molar-refractivity contribution in [3.63, 3.8) is 0 Å². The Labute approximate surface area is 108 Å². The molecule has 3 nitrogen and oxygen atoms in total. The van der Waals surface area contributed by atoms with E-state index in [9.17, 15) is 5.11 Å². The van der Waals surface area contributed by atoms with Gasteiger partial charge in [0.15, 0.2) is 0 Å². The molecule has 0 amide bonds. The highest BCUT2D eigenvalue weighted by Gasteiger charge is 2.12. The molecule has 0 aromatic heterocycles. The van der Waals surface area contributed by atoms with Crippen LogP contribution in [-0.4, -0.2) is 29.3 Å². The van der Waals surface area contributed by atoms with Gasteiger partial charge in [0.05, 0.1) is 6.10 Å². The molecule has 0 radical (unpaired) electrons.